The molecule has 1 aliphatic rings. The van der Waals surface area contributed by atoms with Gasteiger partial charge in [0.05, 0.1) is 0 Å². The molecule has 0 spiro atoms. The summed E-state index contributed by atoms with van der Waals surface area (Å²) in [6.45, 7) is 17.8. The second kappa shape index (κ2) is 14.5. The van der Waals surface area contributed by atoms with Gasteiger partial charge in [-0.05, 0) is 0 Å². The van der Waals surface area contributed by atoms with Gasteiger partial charge in [-0.25, -0.2) is 0 Å². The molecule has 0 aromatic rings. The van der Waals surface area contributed by atoms with Gasteiger partial charge in [-0.3, -0.25) is 14.4 Å². The summed E-state index contributed by atoms with van der Waals surface area (Å²) in [6, 6.07) is 0. The van der Waals surface area contributed by atoms with Crippen LogP contribution in [0.3, 0.4) is 0 Å². The van der Waals surface area contributed by atoms with Crippen LogP contribution in [-0.2, 0) is 30.4 Å². The number of rotatable bonds is 0. The van der Waals surface area contributed by atoms with Crippen molar-refractivity contribution in [1.82, 2.24) is 0 Å². The summed E-state index contributed by atoms with van der Waals surface area (Å²) in [7, 11) is 0. The van der Waals surface area contributed by atoms with Crippen LogP contribution in [0.1, 0.15) is 20.3 Å². The minimum absolute atomic E-state index is 1.09. The molecule has 0 saturated heterocycles. The van der Waals surface area contributed by atoms with Crippen molar-refractivity contribution in [1.29, 1.82) is 0 Å². The van der Waals surface area contributed by atoms with Gasteiger partial charge < -0.3 is 0 Å². The Kier molecular flexibility index (Phi) is 19.4. The van der Waals surface area contributed by atoms with E-state index in [1.165, 1.54) is 15.6 Å². The summed E-state index contributed by atoms with van der Waals surface area (Å²) in [5.74, 6) is 0. The fourth-order valence-corrected chi connectivity index (χ4v) is 1.12. The largest absolute Gasteiger partial charge is 0.281 e. The Morgan fingerprint density at radius 2 is 1.43 bits per heavy atom. The molecule has 0 unspecified atom stereocenters. The molecule has 0 aliphatic heterocycles. The minimum atomic E-state index is 1.09. The van der Waals surface area contributed by atoms with Crippen LogP contribution in [0.15, 0.2) is 21.7 Å². The van der Waals surface area contributed by atoms with Gasteiger partial charge in [-0.2, -0.15) is 0 Å². The van der Waals surface area contributed by atoms with Crippen LogP contribution < -0.4 is 0 Å². The third kappa shape index (κ3) is 7.65. The maximum atomic E-state index is 7.50. The summed E-state index contributed by atoms with van der Waals surface area (Å²) in [6.07, 6.45) is 3.33. The molecule has 3 nitrogen and oxygen atoms in total. The molecule has 0 amide bonds. The van der Waals surface area contributed by atoms with Crippen LogP contribution >= 0.6 is 0 Å². The van der Waals surface area contributed by atoms with E-state index in [0.717, 1.165) is 6.42 Å². The molecule has 0 N–H and O–H groups in total. The van der Waals surface area contributed by atoms with Crippen molar-refractivity contribution in [3.63, 3.8) is 0 Å². The maximum Gasteiger partial charge on any atom is 0.281 e. The number of carbonyl (C=O) groups excluding carboxylic acids is 3. The third-order valence-corrected chi connectivity index (χ3v) is 2.27. The minimum Gasteiger partial charge on any atom is -0.281 e. The Morgan fingerprint density at radius 3 is 1.50 bits per heavy atom. The van der Waals surface area contributed by atoms with Crippen molar-refractivity contribution >= 4 is 20.4 Å². The molecular formula is C10H9MnO3. The Balaban J connectivity index is -0.000000174. The first-order valence-electron chi connectivity index (χ1n) is 3.35. The van der Waals surface area contributed by atoms with Crippen LogP contribution in [0.5, 0.6) is 0 Å². The first kappa shape index (κ1) is 18.7. The normalized spacial score (nSPS) is 12.1. The predicted molar refractivity (Wildman–Crippen MR) is 48.2 cm³/mol. The second-order valence-electron chi connectivity index (χ2n) is 2.12. The van der Waals surface area contributed by atoms with Gasteiger partial charge in [0.25, 0.3) is 20.4 Å². The zero-order valence-corrected chi connectivity index (χ0v) is 9.07. The van der Waals surface area contributed by atoms with E-state index in [0.29, 0.717) is 0 Å². The van der Waals surface area contributed by atoms with Gasteiger partial charge in [0.1, 0.15) is 0 Å². The average molecular weight is 232 g/mol. The van der Waals surface area contributed by atoms with E-state index in [1.807, 2.05) is 0 Å². The van der Waals surface area contributed by atoms with Gasteiger partial charge >= 0.3 is 58.0 Å². The number of allylic oxidation sites excluding steroid dienone is 4. The summed E-state index contributed by atoms with van der Waals surface area (Å²) in [5.41, 5.74) is 2.82. The van der Waals surface area contributed by atoms with E-state index in [-0.39, 0.29) is 0 Å². The predicted octanol–water partition coefficient (Wildman–Crippen LogP) is 0.966. The molecule has 0 fully saturated rings. The van der Waals surface area contributed by atoms with E-state index in [9.17, 15) is 0 Å². The fraction of sp³-hybridized carbons (Fsp3) is 0.300. The molecule has 74 valence electrons. The average Bonchev–Trinajstić information content (AvgIpc) is 2.58. The molecule has 0 aromatic heterocycles. The quantitative estimate of drug-likeness (QED) is 0.584. The molecule has 0 aromatic carbocycles. The molecule has 0 heterocycles. The van der Waals surface area contributed by atoms with Crippen LogP contribution in [0, 0.1) is 0 Å². The number of hydrogen-bond donors (Lipinski definition) is 0. The Bertz CT molecular complexity index is 199. The summed E-state index contributed by atoms with van der Waals surface area (Å²) in [4.78, 5) is 22.5. The summed E-state index contributed by atoms with van der Waals surface area (Å²) >= 11 is 3.47. The van der Waals surface area contributed by atoms with E-state index < -0.39 is 0 Å². The molecular weight excluding hydrogens is 223 g/mol. The van der Waals surface area contributed by atoms with Crippen molar-refractivity contribution in [3.05, 3.63) is 21.7 Å². The summed E-state index contributed by atoms with van der Waals surface area (Å²) < 4.78 is 1.34. The molecule has 0 saturated carbocycles. The van der Waals surface area contributed by atoms with Crippen LogP contribution in [0.4, 0.5) is 0 Å². The Hall–Kier alpha value is -0.991. The topological polar surface area (TPSA) is 51.2 Å². The summed E-state index contributed by atoms with van der Waals surface area (Å²) in [5, 5.41) is 0. The van der Waals surface area contributed by atoms with Gasteiger partial charge in [0, 0.05) is 0 Å². The Morgan fingerprint density at radius 1 is 1.07 bits per heavy atom. The number of hydrogen-bond acceptors (Lipinski definition) is 3. The molecule has 6 radical (unpaired) electrons. The van der Waals surface area contributed by atoms with Gasteiger partial charge in [0.2, 0.25) is 0 Å². The fourth-order valence-electron chi connectivity index (χ4n) is 0.763. The molecule has 14 heavy (non-hydrogen) atoms. The molecule has 0 bridgehead atoms. The van der Waals surface area contributed by atoms with Crippen molar-refractivity contribution in [3.8, 4) is 0 Å². The van der Waals surface area contributed by atoms with Gasteiger partial charge in [0.15, 0.2) is 0 Å². The van der Waals surface area contributed by atoms with Crippen LogP contribution in [0.2, 0.25) is 0 Å². The first-order chi connectivity index (χ1) is 6.72. The SMILES string of the molecule is CC1=CC[C]([Mn])=C1C.[C]=O.[C]=O.[C]=O. The Labute approximate surface area is 93.1 Å². The van der Waals surface area contributed by atoms with Crippen molar-refractivity contribution in [2.24, 2.45) is 0 Å². The first-order valence-corrected chi connectivity index (χ1v) is 3.94. The van der Waals surface area contributed by atoms with E-state index in [2.05, 4.69) is 56.3 Å². The van der Waals surface area contributed by atoms with Gasteiger partial charge in [-0.1, -0.05) is 0 Å². The van der Waals surface area contributed by atoms with Crippen molar-refractivity contribution in [2.45, 2.75) is 20.3 Å². The third-order valence-electron chi connectivity index (χ3n) is 1.59. The van der Waals surface area contributed by atoms with E-state index in [1.54, 1.807) is 0 Å². The van der Waals surface area contributed by atoms with Crippen LogP contribution in [0.25, 0.3) is 0 Å². The zero-order valence-electron chi connectivity index (χ0n) is 7.89. The maximum absolute atomic E-state index is 7.50. The molecule has 0 atom stereocenters. The monoisotopic (exact) mass is 232 g/mol. The molecule has 1 rings (SSSR count). The van der Waals surface area contributed by atoms with Crippen LogP contribution in [-0.4, -0.2) is 20.4 Å². The van der Waals surface area contributed by atoms with E-state index in [4.69, 9.17) is 14.4 Å². The van der Waals surface area contributed by atoms with Crippen molar-refractivity contribution < 1.29 is 30.4 Å². The zero-order chi connectivity index (χ0) is 12.1. The standard InChI is InChI=1S/C7H9.3CO.Mn/c1-6-4-3-5-7(6)2;3*1-2;/h4H,3H2,1-2H3;;;;. The second-order valence-corrected chi connectivity index (χ2v) is 2.83. The molecule has 1 aliphatic carbocycles. The van der Waals surface area contributed by atoms with Gasteiger partial charge in [-0.15, -0.1) is 0 Å². The van der Waals surface area contributed by atoms with Crippen molar-refractivity contribution in [2.75, 3.05) is 0 Å². The molecule has 4 heteroatoms. The van der Waals surface area contributed by atoms with E-state index >= 15 is 0 Å². The smallest absolute Gasteiger partial charge is 0.281 e.